The number of rotatable bonds is 3. The van der Waals surface area contributed by atoms with Gasteiger partial charge in [-0.15, -0.1) is 0 Å². The fraction of sp³-hybridized carbons (Fsp3) is 0.143. The SMILES string of the molecule is COc1ccc(Nc2nccc(C)c2C#N)cc1Br. The number of aryl methyl sites for hydroxylation is 1. The maximum absolute atomic E-state index is 9.15. The van der Waals surface area contributed by atoms with Crippen LogP contribution in [0.3, 0.4) is 0 Å². The minimum absolute atomic E-state index is 0.550. The van der Waals surface area contributed by atoms with Crippen molar-refractivity contribution in [1.29, 1.82) is 5.26 Å². The van der Waals surface area contributed by atoms with Crippen LogP contribution in [0.5, 0.6) is 5.75 Å². The fourth-order valence-electron chi connectivity index (χ4n) is 1.68. The van der Waals surface area contributed by atoms with Gasteiger partial charge in [0.2, 0.25) is 0 Å². The third-order valence-corrected chi connectivity index (χ3v) is 3.31. The number of aromatic nitrogens is 1. The number of benzene rings is 1. The first-order chi connectivity index (χ1) is 9.15. The Bertz CT molecular complexity index is 650. The molecule has 0 radical (unpaired) electrons. The molecule has 0 atom stereocenters. The van der Waals surface area contributed by atoms with Crippen molar-refractivity contribution >= 4 is 27.4 Å². The summed E-state index contributed by atoms with van der Waals surface area (Å²) >= 11 is 3.42. The molecule has 0 fully saturated rings. The molecule has 0 saturated heterocycles. The van der Waals surface area contributed by atoms with E-state index < -0.39 is 0 Å². The van der Waals surface area contributed by atoms with E-state index in [0.29, 0.717) is 11.4 Å². The van der Waals surface area contributed by atoms with E-state index in [-0.39, 0.29) is 0 Å². The van der Waals surface area contributed by atoms with E-state index in [0.717, 1.165) is 21.5 Å². The van der Waals surface area contributed by atoms with Gasteiger partial charge in [0.15, 0.2) is 0 Å². The molecule has 96 valence electrons. The molecule has 0 aliphatic heterocycles. The maximum atomic E-state index is 9.15. The minimum atomic E-state index is 0.550. The normalized spacial score (nSPS) is 9.79. The number of anilines is 2. The van der Waals surface area contributed by atoms with Crippen LogP contribution in [-0.2, 0) is 0 Å². The van der Waals surface area contributed by atoms with Gasteiger partial charge in [0.05, 0.1) is 17.1 Å². The van der Waals surface area contributed by atoms with Gasteiger partial charge < -0.3 is 10.1 Å². The molecular weight excluding hydrogens is 306 g/mol. The van der Waals surface area contributed by atoms with E-state index in [9.17, 15) is 0 Å². The zero-order valence-electron chi connectivity index (χ0n) is 10.6. The molecule has 0 bridgehead atoms. The Hall–Kier alpha value is -2.06. The summed E-state index contributed by atoms with van der Waals surface area (Å²) in [6, 6.07) is 9.56. The molecule has 0 spiro atoms. The average Bonchev–Trinajstić information content (AvgIpc) is 2.39. The van der Waals surface area contributed by atoms with Crippen LogP contribution in [0.15, 0.2) is 34.9 Å². The van der Waals surface area contributed by atoms with Crippen molar-refractivity contribution in [3.05, 3.63) is 46.1 Å². The predicted octanol–water partition coefficient (Wildman–Crippen LogP) is 3.78. The van der Waals surface area contributed by atoms with Crippen molar-refractivity contribution in [3.8, 4) is 11.8 Å². The van der Waals surface area contributed by atoms with E-state index in [4.69, 9.17) is 10.00 Å². The van der Waals surface area contributed by atoms with Crippen LogP contribution in [-0.4, -0.2) is 12.1 Å². The Kier molecular flexibility index (Phi) is 4.03. The molecule has 0 saturated carbocycles. The number of halogens is 1. The van der Waals surface area contributed by atoms with Gasteiger partial charge in [-0.2, -0.15) is 5.26 Å². The van der Waals surface area contributed by atoms with Crippen molar-refractivity contribution in [2.45, 2.75) is 6.92 Å². The summed E-state index contributed by atoms with van der Waals surface area (Å²) in [5, 5.41) is 12.3. The van der Waals surface area contributed by atoms with E-state index in [1.165, 1.54) is 0 Å². The van der Waals surface area contributed by atoms with Gasteiger partial charge in [0.1, 0.15) is 17.6 Å². The van der Waals surface area contributed by atoms with E-state index in [1.54, 1.807) is 13.3 Å². The first kappa shape index (κ1) is 13.4. The molecule has 1 N–H and O–H groups in total. The van der Waals surface area contributed by atoms with Crippen LogP contribution in [0.4, 0.5) is 11.5 Å². The Morgan fingerprint density at radius 1 is 1.37 bits per heavy atom. The first-order valence-corrected chi connectivity index (χ1v) is 6.41. The number of hydrogen-bond donors (Lipinski definition) is 1. The van der Waals surface area contributed by atoms with Gasteiger partial charge in [0.25, 0.3) is 0 Å². The molecule has 2 aromatic rings. The molecule has 1 heterocycles. The van der Waals surface area contributed by atoms with Crippen molar-refractivity contribution < 1.29 is 4.74 Å². The Balaban J connectivity index is 2.34. The molecule has 0 unspecified atom stereocenters. The topological polar surface area (TPSA) is 57.9 Å². The Morgan fingerprint density at radius 2 is 2.16 bits per heavy atom. The molecule has 4 nitrogen and oxygen atoms in total. The number of hydrogen-bond acceptors (Lipinski definition) is 4. The molecule has 0 amide bonds. The summed E-state index contributed by atoms with van der Waals surface area (Å²) in [6.45, 7) is 1.88. The second-order valence-corrected chi connectivity index (χ2v) is 4.79. The smallest absolute Gasteiger partial charge is 0.148 e. The van der Waals surface area contributed by atoms with E-state index in [1.807, 2.05) is 31.2 Å². The van der Waals surface area contributed by atoms with Gasteiger partial charge in [-0.25, -0.2) is 4.98 Å². The number of methoxy groups -OCH3 is 1. The number of pyridine rings is 1. The van der Waals surface area contributed by atoms with E-state index >= 15 is 0 Å². The largest absolute Gasteiger partial charge is 0.496 e. The Morgan fingerprint density at radius 3 is 2.79 bits per heavy atom. The maximum Gasteiger partial charge on any atom is 0.148 e. The third-order valence-electron chi connectivity index (χ3n) is 2.69. The zero-order valence-corrected chi connectivity index (χ0v) is 12.2. The summed E-state index contributed by atoms with van der Waals surface area (Å²) in [5.41, 5.74) is 2.28. The lowest BCUT2D eigenvalue weighted by Crippen LogP contribution is -1.98. The highest BCUT2D eigenvalue weighted by Gasteiger charge is 2.08. The highest BCUT2D eigenvalue weighted by Crippen LogP contribution is 2.29. The summed E-state index contributed by atoms with van der Waals surface area (Å²) in [7, 11) is 1.61. The molecule has 1 aromatic carbocycles. The second kappa shape index (κ2) is 5.72. The monoisotopic (exact) mass is 317 g/mol. The van der Waals surface area contributed by atoms with Crippen molar-refractivity contribution in [2.75, 3.05) is 12.4 Å². The van der Waals surface area contributed by atoms with Crippen LogP contribution >= 0.6 is 15.9 Å². The van der Waals surface area contributed by atoms with Crippen molar-refractivity contribution in [1.82, 2.24) is 4.98 Å². The lowest BCUT2D eigenvalue weighted by atomic mass is 10.1. The summed E-state index contributed by atoms with van der Waals surface area (Å²) < 4.78 is 6.01. The quantitative estimate of drug-likeness (QED) is 0.936. The van der Waals surface area contributed by atoms with Crippen LogP contribution in [0.1, 0.15) is 11.1 Å². The third kappa shape index (κ3) is 2.85. The lowest BCUT2D eigenvalue weighted by Gasteiger charge is -2.10. The molecule has 1 aromatic heterocycles. The summed E-state index contributed by atoms with van der Waals surface area (Å²) in [6.07, 6.45) is 1.68. The van der Waals surface area contributed by atoms with Crippen LogP contribution in [0, 0.1) is 18.3 Å². The molecule has 0 aliphatic rings. The van der Waals surface area contributed by atoms with Gasteiger partial charge >= 0.3 is 0 Å². The number of ether oxygens (including phenoxy) is 1. The predicted molar refractivity (Wildman–Crippen MR) is 77.7 cm³/mol. The number of nitrogens with one attached hydrogen (secondary N) is 1. The highest BCUT2D eigenvalue weighted by molar-refractivity contribution is 9.10. The fourth-order valence-corrected chi connectivity index (χ4v) is 2.22. The molecule has 0 aliphatic carbocycles. The van der Waals surface area contributed by atoms with Gasteiger partial charge in [-0.05, 0) is 52.7 Å². The summed E-state index contributed by atoms with van der Waals surface area (Å²) in [4.78, 5) is 4.20. The van der Waals surface area contributed by atoms with Crippen LogP contribution in [0.25, 0.3) is 0 Å². The van der Waals surface area contributed by atoms with Crippen molar-refractivity contribution in [3.63, 3.8) is 0 Å². The molecular formula is C14H12BrN3O. The van der Waals surface area contributed by atoms with Gasteiger partial charge in [-0.3, -0.25) is 0 Å². The van der Waals surface area contributed by atoms with Crippen molar-refractivity contribution in [2.24, 2.45) is 0 Å². The molecule has 19 heavy (non-hydrogen) atoms. The standard InChI is InChI=1S/C14H12BrN3O/c1-9-5-6-17-14(11(9)8-16)18-10-3-4-13(19-2)12(15)7-10/h3-7H,1-2H3,(H,17,18). The van der Waals surface area contributed by atoms with Crippen LogP contribution in [0.2, 0.25) is 0 Å². The molecule has 2 rings (SSSR count). The highest BCUT2D eigenvalue weighted by atomic mass is 79.9. The minimum Gasteiger partial charge on any atom is -0.496 e. The number of nitrogens with zero attached hydrogens (tertiary/aromatic N) is 2. The zero-order chi connectivity index (χ0) is 13.8. The second-order valence-electron chi connectivity index (χ2n) is 3.94. The van der Waals surface area contributed by atoms with Gasteiger partial charge in [-0.1, -0.05) is 0 Å². The van der Waals surface area contributed by atoms with E-state index in [2.05, 4.69) is 32.3 Å². The van der Waals surface area contributed by atoms with Gasteiger partial charge in [0, 0.05) is 11.9 Å². The Labute approximate surface area is 120 Å². The molecule has 5 heteroatoms. The lowest BCUT2D eigenvalue weighted by molar-refractivity contribution is 0.412. The van der Waals surface area contributed by atoms with Crippen LogP contribution < -0.4 is 10.1 Å². The summed E-state index contributed by atoms with van der Waals surface area (Å²) in [5.74, 6) is 1.31. The first-order valence-electron chi connectivity index (χ1n) is 5.62. The number of nitriles is 1. The average molecular weight is 318 g/mol.